The molecule has 3 rings (SSSR count). The van der Waals surface area contributed by atoms with Gasteiger partial charge in [-0.25, -0.2) is 17.6 Å². The predicted molar refractivity (Wildman–Crippen MR) is 108 cm³/mol. The van der Waals surface area contributed by atoms with Gasteiger partial charge in [-0.15, -0.1) is 0 Å². The molecule has 0 saturated carbocycles. The third kappa shape index (κ3) is 5.25. The summed E-state index contributed by atoms with van der Waals surface area (Å²) in [5.74, 6) is -0.430. The van der Waals surface area contributed by atoms with E-state index >= 15 is 0 Å². The van der Waals surface area contributed by atoms with Crippen molar-refractivity contribution in [1.29, 1.82) is 0 Å². The number of benzene rings is 1. The lowest BCUT2D eigenvalue weighted by Crippen LogP contribution is -2.21. The summed E-state index contributed by atoms with van der Waals surface area (Å²) in [5, 5.41) is 6.20. The van der Waals surface area contributed by atoms with Crippen molar-refractivity contribution in [2.75, 3.05) is 23.3 Å². The number of nitrogens with one attached hydrogen (secondary N) is 1. The molecule has 0 aliphatic rings. The lowest BCUT2D eigenvalue weighted by Gasteiger charge is -2.21. The van der Waals surface area contributed by atoms with Crippen molar-refractivity contribution in [3.05, 3.63) is 65.4 Å². The van der Waals surface area contributed by atoms with Crippen molar-refractivity contribution >= 4 is 17.3 Å². The lowest BCUT2D eigenvalue weighted by atomic mass is 10.2. The standard InChI is InChI=1S/C21H22F4N4O2/c1-3-28(4-2)14-7-5-13(6-8-14)26-21(30)18-10-9-15(31-18)12-29-17(20(24)25)11-16(27-29)19(22)23/h5-11,19-20H,3-4,12H2,1-2H3,(H,26,30). The second kappa shape index (κ2) is 9.67. The number of furan rings is 1. The highest BCUT2D eigenvalue weighted by Crippen LogP contribution is 2.26. The van der Waals surface area contributed by atoms with Gasteiger partial charge in [0.2, 0.25) is 0 Å². The molecule has 10 heteroatoms. The molecule has 0 bridgehead atoms. The Bertz CT molecular complexity index is 1010. The van der Waals surface area contributed by atoms with Crippen molar-refractivity contribution in [3.63, 3.8) is 0 Å². The van der Waals surface area contributed by atoms with Gasteiger partial charge in [-0.2, -0.15) is 5.10 Å². The molecule has 2 aromatic heterocycles. The normalized spacial score (nSPS) is 11.4. The number of carbonyl (C=O) groups is 1. The summed E-state index contributed by atoms with van der Waals surface area (Å²) >= 11 is 0. The highest BCUT2D eigenvalue weighted by Gasteiger charge is 2.22. The fraction of sp³-hybridized carbons (Fsp3) is 0.333. The van der Waals surface area contributed by atoms with E-state index in [4.69, 9.17) is 4.42 Å². The van der Waals surface area contributed by atoms with Crippen LogP contribution in [0.15, 0.2) is 46.9 Å². The molecule has 1 amide bonds. The molecule has 0 atom stereocenters. The minimum atomic E-state index is -2.97. The number of amides is 1. The van der Waals surface area contributed by atoms with E-state index in [0.29, 0.717) is 11.8 Å². The van der Waals surface area contributed by atoms with E-state index in [-0.39, 0.29) is 18.1 Å². The SMILES string of the molecule is CCN(CC)c1ccc(NC(=O)c2ccc(Cn3nc(C(F)F)cc3C(F)F)o2)cc1. The van der Waals surface area contributed by atoms with Gasteiger partial charge >= 0.3 is 0 Å². The van der Waals surface area contributed by atoms with Crippen molar-refractivity contribution in [2.45, 2.75) is 33.2 Å². The van der Waals surface area contributed by atoms with Gasteiger partial charge in [0.1, 0.15) is 17.1 Å². The molecule has 0 fully saturated rings. The van der Waals surface area contributed by atoms with Gasteiger partial charge in [0.05, 0.1) is 6.54 Å². The summed E-state index contributed by atoms with van der Waals surface area (Å²) in [5.41, 5.74) is 0.201. The third-order valence-electron chi connectivity index (χ3n) is 4.72. The molecule has 166 valence electrons. The number of nitrogens with zero attached hydrogens (tertiary/aromatic N) is 3. The summed E-state index contributed by atoms with van der Waals surface area (Å²) in [6, 6.07) is 10.8. The average Bonchev–Trinajstić information content (AvgIpc) is 3.38. The number of aromatic nitrogens is 2. The molecule has 3 aromatic rings. The van der Waals surface area contributed by atoms with Crippen LogP contribution in [0.5, 0.6) is 0 Å². The fourth-order valence-electron chi connectivity index (χ4n) is 3.13. The van der Waals surface area contributed by atoms with E-state index in [1.54, 1.807) is 12.1 Å². The second-order valence-corrected chi connectivity index (χ2v) is 6.69. The topological polar surface area (TPSA) is 63.3 Å². The largest absolute Gasteiger partial charge is 0.454 e. The van der Waals surface area contributed by atoms with Gasteiger partial charge in [-0.1, -0.05) is 0 Å². The van der Waals surface area contributed by atoms with Gasteiger partial charge in [0, 0.05) is 24.5 Å². The van der Waals surface area contributed by atoms with E-state index in [1.807, 2.05) is 12.1 Å². The first kappa shape index (κ1) is 22.4. The Morgan fingerprint density at radius 3 is 2.32 bits per heavy atom. The highest BCUT2D eigenvalue weighted by atomic mass is 19.3. The highest BCUT2D eigenvalue weighted by molar-refractivity contribution is 6.02. The third-order valence-corrected chi connectivity index (χ3v) is 4.72. The van der Waals surface area contributed by atoms with Gasteiger partial charge in [0.25, 0.3) is 18.8 Å². The molecule has 0 aliphatic heterocycles. The molecule has 0 saturated heterocycles. The molecule has 0 unspecified atom stereocenters. The molecule has 0 aliphatic carbocycles. The van der Waals surface area contributed by atoms with Crippen LogP contribution in [0.4, 0.5) is 28.9 Å². The molecule has 6 nitrogen and oxygen atoms in total. The zero-order valence-electron chi connectivity index (χ0n) is 17.0. The van der Waals surface area contributed by atoms with E-state index < -0.39 is 30.1 Å². The Kier molecular flexibility index (Phi) is 6.98. The van der Waals surface area contributed by atoms with Crippen LogP contribution in [0.2, 0.25) is 0 Å². The number of rotatable bonds is 9. The van der Waals surface area contributed by atoms with Crippen LogP contribution in [0, 0.1) is 0 Å². The van der Waals surface area contributed by atoms with Crippen molar-refractivity contribution in [3.8, 4) is 0 Å². The van der Waals surface area contributed by atoms with Crippen LogP contribution in [0.25, 0.3) is 0 Å². The number of hydrogen-bond acceptors (Lipinski definition) is 4. The minimum absolute atomic E-state index is 0.0392. The van der Waals surface area contributed by atoms with Crippen LogP contribution < -0.4 is 10.2 Å². The zero-order chi connectivity index (χ0) is 22.5. The van der Waals surface area contributed by atoms with E-state index in [1.165, 1.54) is 12.1 Å². The summed E-state index contributed by atoms with van der Waals surface area (Å²) in [6.45, 7) is 5.52. The van der Waals surface area contributed by atoms with Crippen LogP contribution in [-0.2, 0) is 6.54 Å². The quantitative estimate of drug-likeness (QED) is 0.448. The molecule has 0 spiro atoms. The van der Waals surface area contributed by atoms with Crippen LogP contribution in [0.1, 0.15) is 54.4 Å². The maximum Gasteiger partial charge on any atom is 0.291 e. The Morgan fingerprint density at radius 2 is 1.74 bits per heavy atom. The first-order valence-corrected chi connectivity index (χ1v) is 9.71. The molecule has 0 radical (unpaired) electrons. The van der Waals surface area contributed by atoms with Crippen LogP contribution in [-0.4, -0.2) is 28.8 Å². The molecular weight excluding hydrogens is 416 g/mol. The molecule has 2 heterocycles. The Hall–Kier alpha value is -3.30. The molecular formula is C21H22F4N4O2. The smallest absolute Gasteiger partial charge is 0.291 e. The Balaban J connectivity index is 1.69. The molecule has 1 N–H and O–H groups in total. The van der Waals surface area contributed by atoms with Crippen molar-refractivity contribution in [1.82, 2.24) is 9.78 Å². The van der Waals surface area contributed by atoms with Gasteiger partial charge in [-0.05, 0) is 56.3 Å². The van der Waals surface area contributed by atoms with E-state index in [9.17, 15) is 22.4 Å². The molecule has 31 heavy (non-hydrogen) atoms. The van der Waals surface area contributed by atoms with E-state index in [0.717, 1.165) is 23.5 Å². The monoisotopic (exact) mass is 438 g/mol. The van der Waals surface area contributed by atoms with Crippen LogP contribution in [0.3, 0.4) is 0 Å². The maximum absolute atomic E-state index is 13.1. The number of alkyl halides is 4. The minimum Gasteiger partial charge on any atom is -0.454 e. The fourth-order valence-corrected chi connectivity index (χ4v) is 3.13. The Morgan fingerprint density at radius 1 is 1.06 bits per heavy atom. The summed E-state index contributed by atoms with van der Waals surface area (Å²) < 4.78 is 57.9. The predicted octanol–water partition coefficient (Wildman–Crippen LogP) is 5.50. The Labute approximate surface area is 176 Å². The number of carbonyl (C=O) groups excluding carboxylic acids is 1. The van der Waals surface area contributed by atoms with Gasteiger partial charge in [-0.3, -0.25) is 9.48 Å². The summed E-state index contributed by atoms with van der Waals surface area (Å²) in [4.78, 5) is 14.6. The zero-order valence-corrected chi connectivity index (χ0v) is 17.0. The van der Waals surface area contributed by atoms with Crippen molar-refractivity contribution in [2.24, 2.45) is 0 Å². The van der Waals surface area contributed by atoms with Crippen LogP contribution >= 0.6 is 0 Å². The first-order valence-electron chi connectivity index (χ1n) is 9.71. The van der Waals surface area contributed by atoms with Gasteiger partial charge in [0.15, 0.2) is 5.76 Å². The summed E-state index contributed by atoms with van der Waals surface area (Å²) in [6.07, 6.45) is -5.94. The first-order chi connectivity index (χ1) is 14.8. The maximum atomic E-state index is 13.1. The molecule has 1 aromatic carbocycles. The average molecular weight is 438 g/mol. The van der Waals surface area contributed by atoms with Crippen molar-refractivity contribution < 1.29 is 26.8 Å². The number of hydrogen-bond donors (Lipinski definition) is 1. The lowest BCUT2D eigenvalue weighted by molar-refractivity contribution is 0.0994. The number of halogens is 4. The van der Waals surface area contributed by atoms with E-state index in [2.05, 4.69) is 29.2 Å². The second-order valence-electron chi connectivity index (χ2n) is 6.69. The summed E-state index contributed by atoms with van der Waals surface area (Å²) in [7, 11) is 0. The number of anilines is 2. The van der Waals surface area contributed by atoms with Gasteiger partial charge < -0.3 is 14.6 Å².